The van der Waals surface area contributed by atoms with Crippen LogP contribution >= 0.6 is 0 Å². The van der Waals surface area contributed by atoms with Crippen molar-refractivity contribution >= 4 is 0 Å². The van der Waals surface area contributed by atoms with Gasteiger partial charge in [-0.15, -0.1) is 0 Å². The van der Waals surface area contributed by atoms with Crippen LogP contribution < -0.4 is 5.73 Å². The second-order valence-corrected chi connectivity index (χ2v) is 3.13. The van der Waals surface area contributed by atoms with Crippen LogP contribution in [0.1, 0.15) is 26.3 Å². The Morgan fingerprint density at radius 2 is 1.76 bits per heavy atom. The molecule has 0 bridgehead atoms. The third-order valence-electron chi connectivity index (χ3n) is 1.77. The summed E-state index contributed by atoms with van der Waals surface area (Å²) in [6.07, 6.45) is 5.59. The van der Waals surface area contributed by atoms with E-state index < -0.39 is 0 Å². The molecule has 0 fully saturated rings. The number of nitrogens with two attached hydrogens (primary N) is 1. The van der Waals surface area contributed by atoms with Gasteiger partial charge in [0.15, 0.2) is 0 Å². The Hall–Kier alpha value is -1.61. The van der Waals surface area contributed by atoms with E-state index in [4.69, 9.17) is 5.73 Å². The minimum atomic E-state index is 0.750. The Morgan fingerprint density at radius 1 is 1.18 bits per heavy atom. The average Bonchev–Trinajstić information content (AvgIpc) is 2.87. The van der Waals surface area contributed by atoms with Gasteiger partial charge < -0.3 is 10.3 Å². The lowest BCUT2D eigenvalue weighted by Crippen LogP contribution is -1.95. The topological polar surface area (TPSA) is 43.8 Å². The zero-order chi connectivity index (χ0) is 12.9. The first-order valence-corrected chi connectivity index (χ1v) is 6.06. The van der Waals surface area contributed by atoms with Gasteiger partial charge in [-0.1, -0.05) is 51.1 Å². The molecule has 0 radical (unpaired) electrons. The molecule has 17 heavy (non-hydrogen) atoms. The summed E-state index contributed by atoms with van der Waals surface area (Å²) in [4.78, 5) is 3.98. The summed E-state index contributed by atoms with van der Waals surface area (Å²) in [6.45, 7) is 7.56. The molecule has 1 heterocycles. The van der Waals surface area contributed by atoms with Crippen molar-refractivity contribution in [3.05, 3.63) is 54.6 Å². The van der Waals surface area contributed by atoms with Gasteiger partial charge in [0, 0.05) is 18.9 Å². The third-order valence-corrected chi connectivity index (χ3v) is 1.77. The van der Waals surface area contributed by atoms with Crippen LogP contribution in [0.3, 0.4) is 0 Å². The molecule has 3 nitrogen and oxygen atoms in total. The molecule has 0 aliphatic carbocycles. The van der Waals surface area contributed by atoms with Crippen molar-refractivity contribution in [1.29, 1.82) is 0 Å². The number of benzene rings is 1. The average molecular weight is 233 g/mol. The lowest BCUT2D eigenvalue weighted by Gasteiger charge is -2.00. The number of hydrogen-bond acceptors (Lipinski definition) is 2. The van der Waals surface area contributed by atoms with Gasteiger partial charge in [0.1, 0.15) is 0 Å². The second kappa shape index (κ2) is 10.9. The predicted molar refractivity (Wildman–Crippen MR) is 73.8 cm³/mol. The van der Waals surface area contributed by atoms with E-state index in [-0.39, 0.29) is 0 Å². The van der Waals surface area contributed by atoms with E-state index in [2.05, 4.69) is 21.7 Å². The van der Waals surface area contributed by atoms with Gasteiger partial charge in [0.25, 0.3) is 0 Å². The molecule has 0 amide bonds. The van der Waals surface area contributed by atoms with Crippen molar-refractivity contribution in [2.24, 2.45) is 5.73 Å². The van der Waals surface area contributed by atoms with Crippen LogP contribution in [0.15, 0.2) is 49.1 Å². The molecule has 0 unspecified atom stereocenters. The number of imidazole rings is 1. The fourth-order valence-electron chi connectivity index (χ4n) is 1.17. The largest absolute Gasteiger partial charge is 0.333 e. The van der Waals surface area contributed by atoms with Crippen LogP contribution in [0, 0.1) is 0 Å². The Kier molecular flexibility index (Phi) is 9.86. The Bertz CT molecular complexity index is 341. The van der Waals surface area contributed by atoms with Gasteiger partial charge in [-0.2, -0.15) is 0 Å². The molecule has 0 spiro atoms. The van der Waals surface area contributed by atoms with Crippen LogP contribution in [0.5, 0.6) is 0 Å². The van der Waals surface area contributed by atoms with Crippen molar-refractivity contribution in [3.63, 3.8) is 0 Å². The maximum absolute atomic E-state index is 4.85. The van der Waals surface area contributed by atoms with Gasteiger partial charge in [-0.3, -0.25) is 0 Å². The van der Waals surface area contributed by atoms with Crippen LogP contribution in [0.2, 0.25) is 0 Å². The molecule has 3 heteroatoms. The molecule has 94 valence electrons. The fraction of sp³-hybridized carbons (Fsp3) is 0.357. The Morgan fingerprint density at radius 3 is 2.24 bits per heavy atom. The molecule has 1 aromatic heterocycles. The molecular weight excluding hydrogens is 210 g/mol. The maximum atomic E-state index is 4.85. The van der Waals surface area contributed by atoms with Crippen LogP contribution in [-0.2, 0) is 6.54 Å². The second-order valence-electron chi connectivity index (χ2n) is 3.13. The first-order chi connectivity index (χ1) is 8.36. The molecule has 0 aliphatic rings. The van der Waals surface area contributed by atoms with Crippen molar-refractivity contribution in [3.8, 4) is 0 Å². The van der Waals surface area contributed by atoms with Crippen molar-refractivity contribution in [2.45, 2.75) is 27.3 Å². The zero-order valence-electron chi connectivity index (χ0n) is 11.0. The van der Waals surface area contributed by atoms with Gasteiger partial charge in [-0.25, -0.2) is 4.98 Å². The van der Waals surface area contributed by atoms with E-state index in [1.54, 1.807) is 6.20 Å². The molecule has 0 atom stereocenters. The van der Waals surface area contributed by atoms with Crippen LogP contribution in [0.4, 0.5) is 0 Å². The molecule has 2 rings (SSSR count). The fourth-order valence-corrected chi connectivity index (χ4v) is 1.17. The molecule has 0 aliphatic heterocycles. The number of rotatable bonds is 2. The lowest BCUT2D eigenvalue weighted by molar-refractivity contribution is 0.797. The highest BCUT2D eigenvalue weighted by molar-refractivity contribution is 5.14. The summed E-state index contributed by atoms with van der Waals surface area (Å²) < 4.78 is 2.05. The first kappa shape index (κ1) is 15.4. The van der Waals surface area contributed by atoms with Gasteiger partial charge in [-0.05, 0) is 12.1 Å². The SMILES string of the molecule is CC.CCN.c1ccc(Cn2ccnc2)cc1. The van der Waals surface area contributed by atoms with E-state index in [0.717, 1.165) is 13.1 Å². The van der Waals surface area contributed by atoms with E-state index in [9.17, 15) is 0 Å². The summed E-state index contributed by atoms with van der Waals surface area (Å²) in [5, 5.41) is 0. The molecule has 0 saturated carbocycles. The molecule has 1 aromatic carbocycles. The first-order valence-electron chi connectivity index (χ1n) is 6.06. The number of hydrogen-bond donors (Lipinski definition) is 1. The number of nitrogens with zero attached hydrogens (tertiary/aromatic N) is 2. The van der Waals surface area contributed by atoms with Gasteiger partial charge >= 0.3 is 0 Å². The van der Waals surface area contributed by atoms with Gasteiger partial charge in [0.05, 0.1) is 6.33 Å². The summed E-state index contributed by atoms with van der Waals surface area (Å²) in [7, 11) is 0. The van der Waals surface area contributed by atoms with Crippen molar-refractivity contribution in [1.82, 2.24) is 9.55 Å². The Balaban J connectivity index is 0.000000450. The molecule has 0 saturated heterocycles. The lowest BCUT2D eigenvalue weighted by atomic mass is 10.2. The highest BCUT2D eigenvalue weighted by atomic mass is 15.0. The monoisotopic (exact) mass is 233 g/mol. The number of aromatic nitrogens is 2. The minimum absolute atomic E-state index is 0.750. The van der Waals surface area contributed by atoms with E-state index >= 15 is 0 Å². The normalized spacial score (nSPS) is 8.47. The predicted octanol–water partition coefficient (Wildman–Crippen LogP) is 2.92. The standard InChI is InChI=1S/C10H10N2.C2H7N.C2H6/c1-2-4-10(5-3-1)8-12-7-6-11-9-12;1-2-3;1-2/h1-7,9H,8H2;2-3H2,1H3;1-2H3. The Labute approximate surface area is 104 Å². The summed E-state index contributed by atoms with van der Waals surface area (Å²) >= 11 is 0. The minimum Gasteiger partial charge on any atom is -0.333 e. The van der Waals surface area contributed by atoms with E-state index in [0.29, 0.717) is 0 Å². The van der Waals surface area contributed by atoms with Crippen LogP contribution in [-0.4, -0.2) is 16.1 Å². The molecular formula is C14H23N3. The van der Waals surface area contributed by atoms with E-state index in [1.807, 2.05) is 51.5 Å². The summed E-state index contributed by atoms with van der Waals surface area (Å²) in [6, 6.07) is 10.3. The summed E-state index contributed by atoms with van der Waals surface area (Å²) in [5.41, 5.74) is 6.15. The molecule has 2 N–H and O–H groups in total. The van der Waals surface area contributed by atoms with Gasteiger partial charge in [0.2, 0.25) is 0 Å². The summed E-state index contributed by atoms with van der Waals surface area (Å²) in [5.74, 6) is 0. The smallest absolute Gasteiger partial charge is 0.0949 e. The van der Waals surface area contributed by atoms with Crippen molar-refractivity contribution < 1.29 is 0 Å². The maximum Gasteiger partial charge on any atom is 0.0949 e. The third kappa shape index (κ3) is 7.30. The highest BCUT2D eigenvalue weighted by Gasteiger charge is 1.91. The van der Waals surface area contributed by atoms with E-state index in [1.165, 1.54) is 5.56 Å². The quantitative estimate of drug-likeness (QED) is 0.866. The van der Waals surface area contributed by atoms with Crippen LogP contribution in [0.25, 0.3) is 0 Å². The molecule has 2 aromatic rings. The van der Waals surface area contributed by atoms with Crippen molar-refractivity contribution in [2.75, 3.05) is 6.54 Å². The zero-order valence-corrected chi connectivity index (χ0v) is 11.0. The highest BCUT2D eigenvalue weighted by Crippen LogP contribution is 2.00.